The number of piperazine rings is 1. The normalized spacial score (nSPS) is 27.8. The summed E-state index contributed by atoms with van der Waals surface area (Å²) < 4.78 is 26.8. The number of hydrogen-bond donors (Lipinski definition) is 1. The zero-order valence-corrected chi connectivity index (χ0v) is 15.5. The molecule has 2 saturated heterocycles. The van der Waals surface area contributed by atoms with Gasteiger partial charge in [-0.1, -0.05) is 13.0 Å². The van der Waals surface area contributed by atoms with Gasteiger partial charge in [-0.05, 0) is 49.3 Å². The maximum atomic E-state index is 13.6. The van der Waals surface area contributed by atoms with Crippen LogP contribution in [0.1, 0.15) is 38.2 Å². The fourth-order valence-electron chi connectivity index (χ4n) is 4.54. The minimum atomic E-state index is -0.943. The van der Waals surface area contributed by atoms with Crippen LogP contribution >= 0.6 is 0 Å². The summed E-state index contributed by atoms with van der Waals surface area (Å²) in [4.78, 5) is 29.6. The van der Waals surface area contributed by atoms with E-state index < -0.39 is 17.2 Å². The summed E-state index contributed by atoms with van der Waals surface area (Å²) in [7, 11) is 0. The zero-order chi connectivity index (χ0) is 19.2. The Bertz CT molecular complexity index is 758. The van der Waals surface area contributed by atoms with Crippen LogP contribution in [0.15, 0.2) is 18.2 Å². The molecule has 1 aromatic rings. The van der Waals surface area contributed by atoms with E-state index in [0.717, 1.165) is 37.8 Å². The van der Waals surface area contributed by atoms with Crippen LogP contribution in [0, 0.1) is 17.6 Å². The lowest BCUT2D eigenvalue weighted by molar-refractivity contribution is -0.173. The number of benzene rings is 1. The van der Waals surface area contributed by atoms with Gasteiger partial charge in [0.05, 0.1) is 0 Å². The van der Waals surface area contributed by atoms with E-state index >= 15 is 0 Å². The van der Waals surface area contributed by atoms with Crippen LogP contribution in [-0.2, 0) is 16.1 Å². The standard InChI is InChI=1S/C20H25F2N3O2/c1-13-2-5-15(6-3-13)24-10-18(26)25(20(19(24)27)11-23-12-20)9-14-4-7-16(21)17(22)8-14/h4,7-8,13,15,23H,2-3,5-6,9-12H2,1H3/t13-,15-. The third kappa shape index (κ3) is 3.12. The highest BCUT2D eigenvalue weighted by Gasteiger charge is 2.57. The molecular weight excluding hydrogens is 352 g/mol. The maximum Gasteiger partial charge on any atom is 0.251 e. The van der Waals surface area contributed by atoms with Crippen LogP contribution in [0.3, 0.4) is 0 Å². The molecule has 0 atom stereocenters. The van der Waals surface area contributed by atoms with E-state index in [1.807, 2.05) is 0 Å². The number of carbonyl (C=O) groups excluding carboxylic acids is 2. The Morgan fingerprint density at radius 2 is 1.81 bits per heavy atom. The van der Waals surface area contributed by atoms with Gasteiger partial charge in [-0.2, -0.15) is 0 Å². The SMILES string of the molecule is C[C@H]1CC[C@H](N2CC(=O)N(Cc3ccc(F)c(F)c3)C3(CNC3)C2=O)CC1. The molecule has 1 spiro atoms. The number of hydrogen-bond acceptors (Lipinski definition) is 3. The van der Waals surface area contributed by atoms with Crippen molar-refractivity contribution in [2.24, 2.45) is 5.92 Å². The van der Waals surface area contributed by atoms with E-state index in [1.165, 1.54) is 6.07 Å². The predicted octanol–water partition coefficient (Wildman–Crippen LogP) is 2.06. The van der Waals surface area contributed by atoms with Crippen LogP contribution in [0.5, 0.6) is 0 Å². The lowest BCUT2D eigenvalue weighted by atomic mass is 9.81. The molecular formula is C20H25F2N3O2. The van der Waals surface area contributed by atoms with Gasteiger partial charge < -0.3 is 15.1 Å². The lowest BCUT2D eigenvalue weighted by Crippen LogP contribution is -2.80. The number of carbonyl (C=O) groups is 2. The number of amides is 2. The summed E-state index contributed by atoms with van der Waals surface area (Å²) in [5.74, 6) is -1.33. The first kappa shape index (κ1) is 18.3. The second-order valence-electron chi connectivity index (χ2n) is 8.21. The second-order valence-corrected chi connectivity index (χ2v) is 8.21. The Balaban J connectivity index is 1.56. The molecule has 3 aliphatic rings. The van der Waals surface area contributed by atoms with Gasteiger partial charge in [0.1, 0.15) is 12.1 Å². The van der Waals surface area contributed by atoms with Crippen molar-refractivity contribution in [2.45, 2.75) is 50.7 Å². The summed E-state index contributed by atoms with van der Waals surface area (Å²) in [6.45, 7) is 3.21. The molecule has 1 N–H and O–H groups in total. The van der Waals surface area contributed by atoms with Crippen molar-refractivity contribution in [1.29, 1.82) is 0 Å². The van der Waals surface area contributed by atoms with Crippen molar-refractivity contribution in [3.8, 4) is 0 Å². The molecule has 1 aliphatic carbocycles. The van der Waals surface area contributed by atoms with E-state index in [0.29, 0.717) is 24.6 Å². The molecule has 4 rings (SSSR count). The monoisotopic (exact) mass is 377 g/mol. The van der Waals surface area contributed by atoms with Gasteiger partial charge in [-0.25, -0.2) is 8.78 Å². The molecule has 7 heteroatoms. The average molecular weight is 377 g/mol. The van der Waals surface area contributed by atoms with Crippen LogP contribution in [0.25, 0.3) is 0 Å². The highest BCUT2D eigenvalue weighted by molar-refractivity contribution is 5.99. The highest BCUT2D eigenvalue weighted by atomic mass is 19.2. The quantitative estimate of drug-likeness (QED) is 0.877. The summed E-state index contributed by atoms with van der Waals surface area (Å²) in [5.41, 5.74) is -0.412. The van der Waals surface area contributed by atoms with Crippen LogP contribution < -0.4 is 5.32 Å². The fraction of sp³-hybridized carbons (Fsp3) is 0.600. The molecule has 0 aromatic heterocycles. The van der Waals surface area contributed by atoms with Crippen LogP contribution in [-0.4, -0.2) is 52.8 Å². The van der Waals surface area contributed by atoms with Crippen LogP contribution in [0.4, 0.5) is 8.78 Å². The molecule has 3 fully saturated rings. The third-order valence-electron chi connectivity index (χ3n) is 6.37. The molecule has 146 valence electrons. The van der Waals surface area contributed by atoms with Crippen molar-refractivity contribution in [3.63, 3.8) is 0 Å². The summed E-state index contributed by atoms with van der Waals surface area (Å²) >= 11 is 0. The zero-order valence-electron chi connectivity index (χ0n) is 15.5. The molecule has 2 amide bonds. The van der Waals surface area contributed by atoms with Crippen molar-refractivity contribution < 1.29 is 18.4 Å². The predicted molar refractivity (Wildman–Crippen MR) is 95.6 cm³/mol. The first-order valence-electron chi connectivity index (χ1n) is 9.67. The molecule has 0 unspecified atom stereocenters. The van der Waals surface area contributed by atoms with Crippen molar-refractivity contribution >= 4 is 11.8 Å². The number of nitrogens with zero attached hydrogens (tertiary/aromatic N) is 2. The third-order valence-corrected chi connectivity index (χ3v) is 6.37. The average Bonchev–Trinajstić information content (AvgIpc) is 2.61. The Morgan fingerprint density at radius 1 is 1.11 bits per heavy atom. The summed E-state index contributed by atoms with van der Waals surface area (Å²) in [5, 5.41) is 3.11. The number of halogens is 2. The van der Waals surface area contributed by atoms with Crippen molar-refractivity contribution in [3.05, 3.63) is 35.4 Å². The van der Waals surface area contributed by atoms with Crippen LogP contribution in [0.2, 0.25) is 0 Å². The van der Waals surface area contributed by atoms with E-state index in [4.69, 9.17) is 0 Å². The van der Waals surface area contributed by atoms with Gasteiger partial charge in [0.25, 0.3) is 5.91 Å². The Kier molecular flexibility index (Phi) is 4.66. The molecule has 27 heavy (non-hydrogen) atoms. The fourth-order valence-corrected chi connectivity index (χ4v) is 4.54. The minimum Gasteiger partial charge on any atom is -0.328 e. The van der Waals surface area contributed by atoms with Gasteiger partial charge in [0, 0.05) is 25.7 Å². The second kappa shape index (κ2) is 6.86. The molecule has 2 heterocycles. The van der Waals surface area contributed by atoms with Gasteiger partial charge in [-0.15, -0.1) is 0 Å². The van der Waals surface area contributed by atoms with E-state index in [1.54, 1.807) is 9.80 Å². The molecule has 0 bridgehead atoms. The van der Waals surface area contributed by atoms with Crippen molar-refractivity contribution in [2.75, 3.05) is 19.6 Å². The Morgan fingerprint density at radius 3 is 2.41 bits per heavy atom. The maximum absolute atomic E-state index is 13.6. The number of nitrogens with one attached hydrogen (secondary N) is 1. The smallest absolute Gasteiger partial charge is 0.251 e. The summed E-state index contributed by atoms with van der Waals surface area (Å²) in [6, 6.07) is 3.75. The van der Waals surface area contributed by atoms with E-state index in [-0.39, 0.29) is 30.9 Å². The highest BCUT2D eigenvalue weighted by Crippen LogP contribution is 2.35. The molecule has 1 saturated carbocycles. The summed E-state index contributed by atoms with van der Waals surface area (Å²) in [6.07, 6.45) is 4.03. The van der Waals surface area contributed by atoms with E-state index in [9.17, 15) is 18.4 Å². The van der Waals surface area contributed by atoms with Gasteiger partial charge >= 0.3 is 0 Å². The first-order chi connectivity index (χ1) is 12.9. The molecule has 5 nitrogen and oxygen atoms in total. The van der Waals surface area contributed by atoms with Crippen molar-refractivity contribution in [1.82, 2.24) is 15.1 Å². The minimum absolute atomic E-state index is 0.0111. The van der Waals surface area contributed by atoms with Gasteiger partial charge in [0.15, 0.2) is 11.6 Å². The molecule has 0 radical (unpaired) electrons. The molecule has 2 aliphatic heterocycles. The first-order valence-corrected chi connectivity index (χ1v) is 9.67. The lowest BCUT2D eigenvalue weighted by Gasteiger charge is -2.56. The topological polar surface area (TPSA) is 52.7 Å². The van der Waals surface area contributed by atoms with Gasteiger partial charge in [-0.3, -0.25) is 9.59 Å². The van der Waals surface area contributed by atoms with Gasteiger partial charge in [0.2, 0.25) is 5.91 Å². The Labute approximate surface area is 157 Å². The number of rotatable bonds is 3. The molecule has 1 aromatic carbocycles. The Hall–Kier alpha value is -2.02. The van der Waals surface area contributed by atoms with E-state index in [2.05, 4.69) is 12.2 Å². The largest absolute Gasteiger partial charge is 0.328 e.